The maximum absolute atomic E-state index is 10.8. The molecular weight excluding hydrogens is 214 g/mol. The molecule has 0 radical (unpaired) electrons. The first-order chi connectivity index (χ1) is 8.13. The van der Waals surface area contributed by atoms with Crippen LogP contribution in [0, 0.1) is 5.41 Å². The highest BCUT2D eigenvalue weighted by atomic mass is 16.3. The fourth-order valence-electron chi connectivity index (χ4n) is 2.00. The van der Waals surface area contributed by atoms with Crippen LogP contribution in [-0.4, -0.2) is 17.6 Å². The van der Waals surface area contributed by atoms with Gasteiger partial charge in [0.05, 0.1) is 0 Å². The normalized spacial score (nSPS) is 16.6. The zero-order valence-corrected chi connectivity index (χ0v) is 10.2. The van der Waals surface area contributed by atoms with Gasteiger partial charge in [0.2, 0.25) is 5.91 Å². The summed E-state index contributed by atoms with van der Waals surface area (Å²) in [6.07, 6.45) is 3.23. The van der Waals surface area contributed by atoms with Crippen LogP contribution in [0.1, 0.15) is 30.9 Å². The molecule has 17 heavy (non-hydrogen) atoms. The first-order valence-electron chi connectivity index (χ1n) is 6.07. The van der Waals surface area contributed by atoms with Crippen molar-refractivity contribution in [3.63, 3.8) is 0 Å². The van der Waals surface area contributed by atoms with Crippen LogP contribution in [0.4, 0.5) is 0 Å². The van der Waals surface area contributed by atoms with E-state index in [2.05, 4.69) is 17.4 Å². The molecule has 0 atom stereocenters. The lowest BCUT2D eigenvalue weighted by molar-refractivity contribution is -0.119. The molecule has 0 heterocycles. The monoisotopic (exact) mass is 233 g/mol. The zero-order valence-electron chi connectivity index (χ0n) is 10.2. The third kappa shape index (κ3) is 3.30. The summed E-state index contributed by atoms with van der Waals surface area (Å²) < 4.78 is 0. The highest BCUT2D eigenvalue weighted by molar-refractivity contribution is 5.72. The number of nitrogens with one attached hydrogen (secondary N) is 1. The Bertz CT molecular complexity index is 393. The minimum absolute atomic E-state index is 0.00806. The molecule has 92 valence electrons. The van der Waals surface area contributed by atoms with Gasteiger partial charge in [-0.1, -0.05) is 24.3 Å². The van der Waals surface area contributed by atoms with Crippen LogP contribution in [0.15, 0.2) is 24.3 Å². The minimum Gasteiger partial charge on any atom is -0.396 e. The molecule has 1 aliphatic rings. The molecule has 1 saturated carbocycles. The summed E-state index contributed by atoms with van der Waals surface area (Å²) in [5.41, 5.74) is 2.54. The standard InChI is InChI=1S/C14H19NO2/c1-11(17)15-9-13-4-2-12(3-5-13)8-14(10-16)6-7-14/h2-5,16H,6-10H2,1H3,(H,15,17). The Balaban J connectivity index is 1.91. The zero-order chi connectivity index (χ0) is 12.3. The van der Waals surface area contributed by atoms with E-state index in [0.29, 0.717) is 13.2 Å². The lowest BCUT2D eigenvalue weighted by Gasteiger charge is -2.11. The summed E-state index contributed by atoms with van der Waals surface area (Å²) in [6.45, 7) is 2.40. The molecule has 3 heteroatoms. The number of benzene rings is 1. The maximum Gasteiger partial charge on any atom is 0.217 e. The quantitative estimate of drug-likeness (QED) is 0.812. The number of hydrogen-bond acceptors (Lipinski definition) is 2. The number of carbonyl (C=O) groups excluding carboxylic acids is 1. The molecular formula is C14H19NO2. The van der Waals surface area contributed by atoms with E-state index in [1.54, 1.807) is 0 Å². The van der Waals surface area contributed by atoms with Crippen molar-refractivity contribution < 1.29 is 9.90 Å². The molecule has 0 aliphatic heterocycles. The molecule has 0 saturated heterocycles. The van der Waals surface area contributed by atoms with Gasteiger partial charge in [-0.25, -0.2) is 0 Å². The van der Waals surface area contributed by atoms with Crippen LogP contribution in [0.3, 0.4) is 0 Å². The molecule has 3 nitrogen and oxygen atoms in total. The van der Waals surface area contributed by atoms with Crippen molar-refractivity contribution in [3.8, 4) is 0 Å². The van der Waals surface area contributed by atoms with Gasteiger partial charge < -0.3 is 10.4 Å². The molecule has 1 amide bonds. The van der Waals surface area contributed by atoms with Crippen molar-refractivity contribution >= 4 is 5.91 Å². The summed E-state index contributed by atoms with van der Waals surface area (Å²) in [6, 6.07) is 8.26. The van der Waals surface area contributed by atoms with E-state index in [4.69, 9.17) is 0 Å². The third-order valence-electron chi connectivity index (χ3n) is 3.44. The first kappa shape index (κ1) is 12.1. The van der Waals surface area contributed by atoms with Crippen molar-refractivity contribution in [3.05, 3.63) is 35.4 Å². The van der Waals surface area contributed by atoms with Crippen molar-refractivity contribution in [2.75, 3.05) is 6.61 Å². The number of rotatable bonds is 5. The lowest BCUT2D eigenvalue weighted by Crippen LogP contribution is -2.18. The van der Waals surface area contributed by atoms with E-state index in [1.807, 2.05) is 12.1 Å². The van der Waals surface area contributed by atoms with Gasteiger partial charge in [0.1, 0.15) is 0 Å². The number of aliphatic hydroxyl groups excluding tert-OH is 1. The van der Waals surface area contributed by atoms with Crippen molar-refractivity contribution in [2.45, 2.75) is 32.7 Å². The molecule has 1 aromatic carbocycles. The van der Waals surface area contributed by atoms with Crippen LogP contribution in [0.2, 0.25) is 0 Å². The Hall–Kier alpha value is -1.35. The van der Waals surface area contributed by atoms with E-state index >= 15 is 0 Å². The Morgan fingerprint density at radius 1 is 1.29 bits per heavy atom. The molecule has 2 rings (SSSR count). The van der Waals surface area contributed by atoms with Gasteiger partial charge in [0.25, 0.3) is 0 Å². The van der Waals surface area contributed by atoms with E-state index in [-0.39, 0.29) is 11.3 Å². The average Bonchev–Trinajstić information content (AvgIpc) is 3.09. The summed E-state index contributed by atoms with van der Waals surface area (Å²) in [7, 11) is 0. The average molecular weight is 233 g/mol. The second-order valence-corrected chi connectivity index (χ2v) is 5.06. The minimum atomic E-state index is -0.00806. The van der Waals surface area contributed by atoms with Gasteiger partial charge in [-0.05, 0) is 35.8 Å². The molecule has 0 aromatic heterocycles. The van der Waals surface area contributed by atoms with Gasteiger partial charge >= 0.3 is 0 Å². The van der Waals surface area contributed by atoms with Gasteiger partial charge in [0, 0.05) is 20.1 Å². The number of hydrogen-bond donors (Lipinski definition) is 2. The fraction of sp³-hybridized carbons (Fsp3) is 0.500. The predicted octanol–water partition coefficient (Wildman–Crippen LogP) is 1.64. The van der Waals surface area contributed by atoms with Gasteiger partial charge in [-0.15, -0.1) is 0 Å². The molecule has 0 unspecified atom stereocenters. The van der Waals surface area contributed by atoms with E-state index in [9.17, 15) is 9.90 Å². The fourth-order valence-corrected chi connectivity index (χ4v) is 2.00. The Labute approximate surface area is 102 Å². The molecule has 1 fully saturated rings. The Morgan fingerprint density at radius 3 is 2.35 bits per heavy atom. The topological polar surface area (TPSA) is 49.3 Å². The van der Waals surface area contributed by atoms with Gasteiger partial charge in [-0.3, -0.25) is 4.79 Å². The van der Waals surface area contributed by atoms with Crippen LogP contribution >= 0.6 is 0 Å². The summed E-state index contributed by atoms with van der Waals surface area (Å²) >= 11 is 0. The Kier molecular flexibility index (Phi) is 3.48. The highest BCUT2D eigenvalue weighted by Crippen LogP contribution is 2.47. The second kappa shape index (κ2) is 4.88. The highest BCUT2D eigenvalue weighted by Gasteiger charge is 2.41. The smallest absolute Gasteiger partial charge is 0.217 e. The molecule has 1 aromatic rings. The van der Waals surface area contributed by atoms with Crippen LogP contribution < -0.4 is 5.32 Å². The Morgan fingerprint density at radius 2 is 1.88 bits per heavy atom. The largest absolute Gasteiger partial charge is 0.396 e. The maximum atomic E-state index is 10.8. The number of aliphatic hydroxyl groups is 1. The second-order valence-electron chi connectivity index (χ2n) is 5.06. The molecule has 1 aliphatic carbocycles. The third-order valence-corrected chi connectivity index (χ3v) is 3.44. The predicted molar refractivity (Wildman–Crippen MR) is 66.4 cm³/mol. The molecule has 2 N–H and O–H groups in total. The summed E-state index contributed by atoms with van der Waals surface area (Å²) in [4.78, 5) is 10.8. The van der Waals surface area contributed by atoms with Gasteiger partial charge in [-0.2, -0.15) is 0 Å². The van der Waals surface area contributed by atoms with Crippen LogP contribution in [0.25, 0.3) is 0 Å². The van der Waals surface area contributed by atoms with Crippen LogP contribution in [-0.2, 0) is 17.8 Å². The van der Waals surface area contributed by atoms with Crippen molar-refractivity contribution in [1.82, 2.24) is 5.32 Å². The number of amides is 1. The molecule has 0 bridgehead atoms. The molecule has 0 spiro atoms. The van der Waals surface area contributed by atoms with Crippen molar-refractivity contribution in [1.29, 1.82) is 0 Å². The van der Waals surface area contributed by atoms with Crippen molar-refractivity contribution in [2.24, 2.45) is 5.41 Å². The van der Waals surface area contributed by atoms with Crippen LogP contribution in [0.5, 0.6) is 0 Å². The summed E-state index contributed by atoms with van der Waals surface area (Å²) in [5, 5.41) is 12.0. The van der Waals surface area contributed by atoms with E-state index < -0.39 is 0 Å². The first-order valence-corrected chi connectivity index (χ1v) is 6.07. The van der Waals surface area contributed by atoms with Gasteiger partial charge in [0.15, 0.2) is 0 Å². The summed E-state index contributed by atoms with van der Waals surface area (Å²) in [5.74, 6) is -0.00806. The number of carbonyl (C=O) groups is 1. The van der Waals surface area contributed by atoms with E-state index in [0.717, 1.165) is 24.8 Å². The SMILES string of the molecule is CC(=O)NCc1ccc(CC2(CO)CC2)cc1. The lowest BCUT2D eigenvalue weighted by atomic mass is 9.97. The van der Waals surface area contributed by atoms with E-state index in [1.165, 1.54) is 12.5 Å².